The van der Waals surface area contributed by atoms with Crippen LogP contribution in [0.3, 0.4) is 0 Å². The number of hydrogen-bond donors (Lipinski definition) is 1. The van der Waals surface area contributed by atoms with Crippen molar-refractivity contribution in [2.75, 3.05) is 7.05 Å². The average Bonchev–Trinajstić information content (AvgIpc) is 2.94. The maximum atomic E-state index is 5.97. The molecule has 2 nitrogen and oxygen atoms in total. The van der Waals surface area contributed by atoms with E-state index in [1.54, 1.807) is 11.3 Å². The molecule has 2 aromatic heterocycles. The van der Waals surface area contributed by atoms with Gasteiger partial charge in [-0.3, -0.25) is 0 Å². The van der Waals surface area contributed by atoms with Crippen molar-refractivity contribution < 1.29 is 4.42 Å². The Bertz CT molecular complexity index is 686. The molecule has 0 fully saturated rings. The van der Waals surface area contributed by atoms with Crippen LogP contribution in [-0.4, -0.2) is 7.05 Å². The van der Waals surface area contributed by atoms with Crippen molar-refractivity contribution >= 4 is 33.9 Å². The molecule has 0 bridgehead atoms. The third-order valence-electron chi connectivity index (χ3n) is 2.77. The van der Waals surface area contributed by atoms with Gasteiger partial charge in [0, 0.05) is 32.8 Å². The summed E-state index contributed by atoms with van der Waals surface area (Å²) in [5.41, 5.74) is 1.99. The standard InChI is InChI=1S/C14H12ClNOS/c1-16-7-12-5-10(8-18-12)14-6-9-4-11(15)2-3-13(9)17-14/h2-6,8,16H,7H2,1H3. The van der Waals surface area contributed by atoms with Crippen LogP contribution in [0, 0.1) is 0 Å². The van der Waals surface area contributed by atoms with Crippen molar-refractivity contribution in [3.05, 3.63) is 45.6 Å². The number of rotatable bonds is 3. The zero-order valence-electron chi connectivity index (χ0n) is 9.87. The summed E-state index contributed by atoms with van der Waals surface area (Å²) in [6.45, 7) is 0.886. The lowest BCUT2D eigenvalue weighted by Gasteiger charge is -1.91. The van der Waals surface area contributed by atoms with Gasteiger partial charge in [-0.05, 0) is 37.4 Å². The molecule has 0 aliphatic carbocycles. The molecule has 0 saturated heterocycles. The first-order valence-electron chi connectivity index (χ1n) is 5.68. The van der Waals surface area contributed by atoms with Crippen LogP contribution in [0.2, 0.25) is 5.02 Å². The summed E-state index contributed by atoms with van der Waals surface area (Å²) in [6, 6.07) is 9.86. The summed E-state index contributed by atoms with van der Waals surface area (Å²) in [5, 5.41) is 7.04. The fraction of sp³-hybridized carbons (Fsp3) is 0.143. The first-order valence-corrected chi connectivity index (χ1v) is 6.93. The number of fused-ring (bicyclic) bond motifs is 1. The molecule has 0 spiro atoms. The highest BCUT2D eigenvalue weighted by Crippen LogP contribution is 2.32. The van der Waals surface area contributed by atoms with Crippen LogP contribution in [0.15, 0.2) is 40.1 Å². The number of hydrogen-bond acceptors (Lipinski definition) is 3. The van der Waals surface area contributed by atoms with E-state index in [9.17, 15) is 0 Å². The van der Waals surface area contributed by atoms with Crippen molar-refractivity contribution in [1.82, 2.24) is 5.32 Å². The second kappa shape index (κ2) is 4.76. The Labute approximate surface area is 114 Å². The third-order valence-corrected chi connectivity index (χ3v) is 3.94. The zero-order valence-corrected chi connectivity index (χ0v) is 11.4. The third kappa shape index (κ3) is 2.17. The highest BCUT2D eigenvalue weighted by molar-refractivity contribution is 7.10. The van der Waals surface area contributed by atoms with Crippen LogP contribution in [0.25, 0.3) is 22.3 Å². The summed E-state index contributed by atoms with van der Waals surface area (Å²) in [4.78, 5) is 1.30. The largest absolute Gasteiger partial charge is 0.456 e. The van der Waals surface area contributed by atoms with E-state index in [4.69, 9.17) is 16.0 Å². The van der Waals surface area contributed by atoms with Crippen LogP contribution >= 0.6 is 22.9 Å². The molecule has 0 radical (unpaired) electrons. The van der Waals surface area contributed by atoms with E-state index in [1.807, 2.05) is 31.3 Å². The van der Waals surface area contributed by atoms with Gasteiger partial charge in [0.05, 0.1) is 0 Å². The topological polar surface area (TPSA) is 25.2 Å². The van der Waals surface area contributed by atoms with Gasteiger partial charge in [0.25, 0.3) is 0 Å². The second-order valence-electron chi connectivity index (χ2n) is 4.12. The molecule has 2 heterocycles. The number of furan rings is 1. The molecule has 0 unspecified atom stereocenters. The van der Waals surface area contributed by atoms with Crippen molar-refractivity contribution in [3.63, 3.8) is 0 Å². The summed E-state index contributed by atoms with van der Waals surface area (Å²) in [7, 11) is 1.95. The second-order valence-corrected chi connectivity index (χ2v) is 5.56. The van der Waals surface area contributed by atoms with E-state index in [2.05, 4.69) is 16.8 Å². The lowest BCUT2D eigenvalue weighted by atomic mass is 10.2. The van der Waals surface area contributed by atoms with Gasteiger partial charge in [-0.1, -0.05) is 11.6 Å². The van der Waals surface area contributed by atoms with Crippen molar-refractivity contribution in [2.24, 2.45) is 0 Å². The molecule has 3 aromatic rings. The zero-order chi connectivity index (χ0) is 12.5. The molecule has 1 aromatic carbocycles. The van der Waals surface area contributed by atoms with Crippen LogP contribution < -0.4 is 5.32 Å². The molecule has 1 N–H and O–H groups in total. The molecular formula is C14H12ClNOS. The first-order chi connectivity index (χ1) is 8.76. The predicted octanol–water partition coefficient (Wildman–Crippen LogP) is 4.53. The van der Waals surface area contributed by atoms with Crippen molar-refractivity contribution in [1.29, 1.82) is 0 Å². The summed E-state index contributed by atoms with van der Waals surface area (Å²) in [5.74, 6) is 0.894. The summed E-state index contributed by atoms with van der Waals surface area (Å²) < 4.78 is 5.83. The van der Waals surface area contributed by atoms with E-state index in [0.29, 0.717) is 0 Å². The molecule has 0 atom stereocenters. The van der Waals surface area contributed by atoms with Gasteiger partial charge in [0.1, 0.15) is 11.3 Å². The fourth-order valence-corrected chi connectivity index (χ4v) is 3.00. The Balaban J connectivity index is 2.02. The molecule has 18 heavy (non-hydrogen) atoms. The molecule has 4 heteroatoms. The smallest absolute Gasteiger partial charge is 0.136 e. The molecule has 3 rings (SSSR count). The Morgan fingerprint density at radius 3 is 3.00 bits per heavy atom. The van der Waals surface area contributed by atoms with Crippen LogP contribution in [0.4, 0.5) is 0 Å². The van der Waals surface area contributed by atoms with Gasteiger partial charge in [-0.2, -0.15) is 0 Å². The van der Waals surface area contributed by atoms with Crippen molar-refractivity contribution in [3.8, 4) is 11.3 Å². The van der Waals surface area contributed by atoms with Crippen LogP contribution in [-0.2, 0) is 6.54 Å². The number of benzene rings is 1. The lowest BCUT2D eigenvalue weighted by molar-refractivity contribution is 0.632. The number of halogens is 1. The Morgan fingerprint density at radius 2 is 2.17 bits per heavy atom. The van der Waals surface area contributed by atoms with Gasteiger partial charge < -0.3 is 9.73 Å². The van der Waals surface area contributed by atoms with E-state index >= 15 is 0 Å². The molecule has 0 aliphatic heterocycles. The molecule has 0 amide bonds. The monoisotopic (exact) mass is 277 g/mol. The molecule has 0 saturated carbocycles. The van der Waals surface area contributed by atoms with Gasteiger partial charge in [0.15, 0.2) is 0 Å². The van der Waals surface area contributed by atoms with E-state index in [-0.39, 0.29) is 0 Å². The minimum Gasteiger partial charge on any atom is -0.456 e. The summed E-state index contributed by atoms with van der Waals surface area (Å²) >= 11 is 7.70. The Hall–Kier alpha value is -1.29. The van der Waals surface area contributed by atoms with E-state index in [1.165, 1.54) is 4.88 Å². The van der Waals surface area contributed by atoms with Gasteiger partial charge in [0.2, 0.25) is 0 Å². The van der Waals surface area contributed by atoms with Gasteiger partial charge in [-0.15, -0.1) is 11.3 Å². The van der Waals surface area contributed by atoms with Gasteiger partial charge >= 0.3 is 0 Å². The SMILES string of the molecule is CNCc1cc(-c2cc3cc(Cl)ccc3o2)cs1. The first kappa shape index (κ1) is 11.8. The Kier molecular flexibility index (Phi) is 3.12. The van der Waals surface area contributed by atoms with Crippen LogP contribution in [0.5, 0.6) is 0 Å². The van der Waals surface area contributed by atoms with E-state index in [0.717, 1.165) is 33.9 Å². The number of nitrogens with one attached hydrogen (secondary N) is 1. The summed E-state index contributed by atoms with van der Waals surface area (Å²) in [6.07, 6.45) is 0. The highest BCUT2D eigenvalue weighted by atomic mass is 35.5. The van der Waals surface area contributed by atoms with Crippen molar-refractivity contribution in [2.45, 2.75) is 6.54 Å². The molecule has 0 aliphatic rings. The minimum absolute atomic E-state index is 0.732. The molecular weight excluding hydrogens is 266 g/mol. The Morgan fingerprint density at radius 1 is 1.28 bits per heavy atom. The normalized spacial score (nSPS) is 11.2. The lowest BCUT2D eigenvalue weighted by Crippen LogP contribution is -2.02. The van der Waals surface area contributed by atoms with Crippen LogP contribution in [0.1, 0.15) is 4.88 Å². The molecule has 92 valence electrons. The number of thiophene rings is 1. The van der Waals surface area contributed by atoms with E-state index < -0.39 is 0 Å². The average molecular weight is 278 g/mol. The van der Waals surface area contributed by atoms with Gasteiger partial charge in [-0.25, -0.2) is 0 Å². The predicted molar refractivity (Wildman–Crippen MR) is 77.3 cm³/mol. The quantitative estimate of drug-likeness (QED) is 0.761. The maximum Gasteiger partial charge on any atom is 0.136 e. The fourth-order valence-electron chi connectivity index (χ4n) is 1.93. The minimum atomic E-state index is 0.732. The highest BCUT2D eigenvalue weighted by Gasteiger charge is 2.08. The maximum absolute atomic E-state index is 5.97.